The van der Waals surface area contributed by atoms with E-state index in [1.165, 1.54) is 6.42 Å². The number of aromatic amines is 1. The van der Waals surface area contributed by atoms with Gasteiger partial charge in [0, 0.05) is 26.6 Å². The molecule has 2 N–H and O–H groups in total. The molecule has 1 aromatic rings. The predicted molar refractivity (Wildman–Crippen MR) is 67.8 cm³/mol. The van der Waals surface area contributed by atoms with Gasteiger partial charge in [-0.3, -0.25) is 10.1 Å². The van der Waals surface area contributed by atoms with Gasteiger partial charge in [-0.05, 0) is 18.3 Å². The Morgan fingerprint density at radius 2 is 2.39 bits per heavy atom. The van der Waals surface area contributed by atoms with E-state index in [4.69, 9.17) is 0 Å². The average Bonchev–Trinajstić information content (AvgIpc) is 2.89. The monoisotopic (exact) mass is 248 g/mol. The van der Waals surface area contributed by atoms with Crippen molar-refractivity contribution in [2.75, 3.05) is 13.6 Å². The Morgan fingerprint density at radius 1 is 1.61 bits per heavy atom. The lowest BCUT2D eigenvalue weighted by atomic mass is 10.0. The van der Waals surface area contributed by atoms with Crippen LogP contribution in [0.25, 0.3) is 0 Å². The third-order valence-electron chi connectivity index (χ3n) is 4.19. The van der Waals surface area contributed by atoms with Crippen LogP contribution in [0.2, 0.25) is 0 Å². The van der Waals surface area contributed by atoms with Crippen LogP contribution in [0.15, 0.2) is 6.33 Å². The summed E-state index contributed by atoms with van der Waals surface area (Å²) in [5, 5.41) is 3.28. The summed E-state index contributed by atoms with van der Waals surface area (Å²) in [5.74, 6) is 1.70. The topological polar surface area (TPSA) is 61.0 Å². The molecule has 5 heteroatoms. The molecule has 1 aromatic heterocycles. The number of rotatable bonds is 3. The number of imidazole rings is 1. The van der Waals surface area contributed by atoms with Gasteiger partial charge in [-0.2, -0.15) is 0 Å². The molecule has 5 nitrogen and oxygen atoms in total. The molecule has 1 saturated carbocycles. The molecule has 0 spiro atoms. The average molecular weight is 248 g/mol. The SMILES string of the molecule is CC1CC1CN(C)C(=O)C1Cc2nc[nH]c2CN1. The van der Waals surface area contributed by atoms with Crippen LogP contribution >= 0.6 is 0 Å². The molecule has 1 amide bonds. The molecular weight excluding hydrogens is 228 g/mol. The molecule has 0 bridgehead atoms. The molecule has 1 aliphatic heterocycles. The zero-order chi connectivity index (χ0) is 12.7. The number of carbonyl (C=O) groups excluding carboxylic acids is 1. The number of likely N-dealkylation sites (N-methyl/N-ethyl adjacent to an activating group) is 1. The maximum atomic E-state index is 12.3. The first-order chi connectivity index (χ1) is 8.65. The lowest BCUT2D eigenvalue weighted by Gasteiger charge is -2.27. The van der Waals surface area contributed by atoms with Crippen LogP contribution in [0, 0.1) is 11.8 Å². The molecule has 3 rings (SSSR count). The molecule has 1 aliphatic carbocycles. The minimum Gasteiger partial charge on any atom is -0.347 e. The van der Waals surface area contributed by atoms with Crippen molar-refractivity contribution in [1.29, 1.82) is 0 Å². The molecule has 3 unspecified atom stereocenters. The molecule has 2 aliphatic rings. The number of hydrogen-bond acceptors (Lipinski definition) is 3. The quantitative estimate of drug-likeness (QED) is 0.820. The van der Waals surface area contributed by atoms with E-state index < -0.39 is 0 Å². The van der Waals surface area contributed by atoms with Crippen LogP contribution in [0.5, 0.6) is 0 Å². The summed E-state index contributed by atoms with van der Waals surface area (Å²) in [7, 11) is 1.91. The summed E-state index contributed by atoms with van der Waals surface area (Å²) in [4.78, 5) is 21.6. The largest absolute Gasteiger partial charge is 0.347 e. The first kappa shape index (κ1) is 11.7. The van der Waals surface area contributed by atoms with E-state index in [0.717, 1.165) is 23.9 Å². The van der Waals surface area contributed by atoms with Gasteiger partial charge < -0.3 is 9.88 Å². The van der Waals surface area contributed by atoms with E-state index in [2.05, 4.69) is 22.2 Å². The maximum absolute atomic E-state index is 12.3. The fourth-order valence-corrected chi connectivity index (χ4v) is 2.70. The van der Waals surface area contributed by atoms with Crippen LogP contribution < -0.4 is 5.32 Å². The van der Waals surface area contributed by atoms with E-state index in [1.54, 1.807) is 6.33 Å². The number of fused-ring (bicyclic) bond motifs is 1. The summed E-state index contributed by atoms with van der Waals surface area (Å²) >= 11 is 0. The Balaban J connectivity index is 1.60. The first-order valence-corrected chi connectivity index (χ1v) is 6.64. The van der Waals surface area contributed by atoms with Crippen molar-refractivity contribution in [3.63, 3.8) is 0 Å². The van der Waals surface area contributed by atoms with Gasteiger partial charge in [0.2, 0.25) is 5.91 Å². The third-order valence-corrected chi connectivity index (χ3v) is 4.19. The Bertz CT molecular complexity index is 456. The number of aromatic nitrogens is 2. The highest BCUT2D eigenvalue weighted by Crippen LogP contribution is 2.38. The van der Waals surface area contributed by atoms with Crippen LogP contribution in [0.4, 0.5) is 0 Å². The first-order valence-electron chi connectivity index (χ1n) is 6.64. The van der Waals surface area contributed by atoms with E-state index in [9.17, 15) is 4.79 Å². The maximum Gasteiger partial charge on any atom is 0.239 e. The van der Waals surface area contributed by atoms with Crippen molar-refractivity contribution >= 4 is 5.91 Å². The normalized spacial score (nSPS) is 29.8. The Morgan fingerprint density at radius 3 is 3.11 bits per heavy atom. The highest BCUT2D eigenvalue weighted by molar-refractivity contribution is 5.82. The molecule has 98 valence electrons. The van der Waals surface area contributed by atoms with Crippen LogP contribution in [0.3, 0.4) is 0 Å². The second kappa shape index (κ2) is 4.39. The molecule has 2 heterocycles. The fourth-order valence-electron chi connectivity index (χ4n) is 2.70. The number of carbonyl (C=O) groups is 1. The summed E-state index contributed by atoms with van der Waals surface area (Å²) < 4.78 is 0. The molecule has 18 heavy (non-hydrogen) atoms. The number of hydrogen-bond donors (Lipinski definition) is 2. The van der Waals surface area contributed by atoms with Crippen LogP contribution in [-0.2, 0) is 17.8 Å². The molecule has 0 saturated heterocycles. The zero-order valence-electron chi connectivity index (χ0n) is 10.9. The van der Waals surface area contributed by atoms with Crippen molar-refractivity contribution in [3.05, 3.63) is 17.7 Å². The van der Waals surface area contributed by atoms with Crippen molar-refractivity contribution in [2.24, 2.45) is 11.8 Å². The third kappa shape index (κ3) is 2.14. The Labute approximate surface area is 107 Å². The molecule has 1 fully saturated rings. The molecule has 0 radical (unpaired) electrons. The van der Waals surface area contributed by atoms with Crippen LogP contribution in [-0.4, -0.2) is 40.4 Å². The lowest BCUT2D eigenvalue weighted by Crippen LogP contribution is -2.48. The van der Waals surface area contributed by atoms with Gasteiger partial charge in [-0.15, -0.1) is 0 Å². The lowest BCUT2D eigenvalue weighted by molar-refractivity contribution is -0.132. The van der Waals surface area contributed by atoms with Crippen LogP contribution in [0.1, 0.15) is 24.7 Å². The van der Waals surface area contributed by atoms with Gasteiger partial charge in [-0.1, -0.05) is 6.92 Å². The smallest absolute Gasteiger partial charge is 0.239 e. The number of H-pyrrole nitrogens is 1. The number of nitrogens with zero attached hydrogens (tertiary/aromatic N) is 2. The Hall–Kier alpha value is -1.36. The molecule has 3 atom stereocenters. The van der Waals surface area contributed by atoms with Gasteiger partial charge in [0.25, 0.3) is 0 Å². The minimum absolute atomic E-state index is 0.111. The summed E-state index contributed by atoms with van der Waals surface area (Å²) in [6.45, 7) is 3.85. The van der Waals surface area contributed by atoms with E-state index in [-0.39, 0.29) is 11.9 Å². The minimum atomic E-state index is -0.111. The molecular formula is C13H20N4O. The van der Waals surface area contributed by atoms with Gasteiger partial charge in [0.05, 0.1) is 23.8 Å². The number of nitrogens with one attached hydrogen (secondary N) is 2. The number of amides is 1. The second-order valence-corrected chi connectivity index (χ2v) is 5.66. The highest BCUT2D eigenvalue weighted by Gasteiger charge is 2.36. The van der Waals surface area contributed by atoms with Crippen molar-refractivity contribution in [1.82, 2.24) is 20.2 Å². The standard InChI is InChI=1S/C13H20N4O/c1-8-3-9(8)6-17(2)13(18)11-4-10-12(5-14-11)16-7-15-10/h7-9,11,14H,3-6H2,1-2H3,(H,15,16). The summed E-state index contributed by atoms with van der Waals surface area (Å²) in [6, 6.07) is -0.111. The van der Waals surface area contributed by atoms with Gasteiger partial charge >= 0.3 is 0 Å². The van der Waals surface area contributed by atoms with Crippen molar-refractivity contribution in [2.45, 2.75) is 32.4 Å². The molecule has 0 aromatic carbocycles. The van der Waals surface area contributed by atoms with Crippen molar-refractivity contribution in [3.8, 4) is 0 Å². The summed E-state index contributed by atoms with van der Waals surface area (Å²) in [6.07, 6.45) is 3.66. The second-order valence-electron chi connectivity index (χ2n) is 5.66. The van der Waals surface area contributed by atoms with Gasteiger partial charge in [0.1, 0.15) is 0 Å². The fraction of sp³-hybridized carbons (Fsp3) is 0.692. The van der Waals surface area contributed by atoms with Gasteiger partial charge in [-0.25, -0.2) is 4.98 Å². The van der Waals surface area contributed by atoms with Crippen molar-refractivity contribution < 1.29 is 4.79 Å². The zero-order valence-corrected chi connectivity index (χ0v) is 10.9. The van der Waals surface area contributed by atoms with E-state index in [1.807, 2.05) is 11.9 Å². The van der Waals surface area contributed by atoms with E-state index in [0.29, 0.717) is 18.9 Å². The highest BCUT2D eigenvalue weighted by atomic mass is 16.2. The summed E-state index contributed by atoms with van der Waals surface area (Å²) in [5.41, 5.74) is 2.14. The van der Waals surface area contributed by atoms with Gasteiger partial charge in [0.15, 0.2) is 0 Å². The Kier molecular flexibility index (Phi) is 2.86. The predicted octanol–water partition coefficient (Wildman–Crippen LogP) is 0.538. The van der Waals surface area contributed by atoms with E-state index >= 15 is 0 Å².